The number of nitrogens with one attached hydrogen (secondary N) is 2. The van der Waals surface area contributed by atoms with Crippen molar-refractivity contribution < 1.29 is 19.8 Å². The maximum absolute atomic E-state index is 12.2. The number of aryl methyl sites for hydroxylation is 1. The molecule has 0 saturated carbocycles. The molecule has 4 aromatic rings. The number of hydrogen-bond acceptors (Lipinski definition) is 7. The summed E-state index contributed by atoms with van der Waals surface area (Å²) >= 11 is 0. The Balaban J connectivity index is 1.39. The Kier molecular flexibility index (Phi) is 5.03. The fourth-order valence-electron chi connectivity index (χ4n) is 3.43. The highest BCUT2D eigenvalue weighted by molar-refractivity contribution is 5.92. The van der Waals surface area contributed by atoms with E-state index in [1.54, 1.807) is 4.57 Å². The summed E-state index contributed by atoms with van der Waals surface area (Å²) in [5, 5.41) is 22.4. The van der Waals surface area contributed by atoms with Crippen molar-refractivity contribution in [2.45, 2.75) is 19.4 Å². The van der Waals surface area contributed by atoms with E-state index in [0.29, 0.717) is 28.5 Å². The fraction of sp³-hybridized carbons (Fsp3) is 0.211. The number of aromatic nitrogens is 5. The van der Waals surface area contributed by atoms with E-state index in [9.17, 15) is 24.6 Å². The standard InChI is InChI=1S/C19H19N7O5/c20-18-23-16-15(17(29)24-18)22-9-25(16)6-4-14(28)21-5-3-10-8-26(19(30)31)13-2-1-11(27)7-12(10)13/h1-2,7-9,27H,3-6H2,(H,21,28)(H,30,31)(H3,20,23,24,29). The lowest BCUT2D eigenvalue weighted by Crippen LogP contribution is -2.26. The van der Waals surface area contributed by atoms with Gasteiger partial charge in [-0.1, -0.05) is 0 Å². The molecule has 0 saturated heterocycles. The molecule has 0 aliphatic rings. The summed E-state index contributed by atoms with van der Waals surface area (Å²) < 4.78 is 2.65. The van der Waals surface area contributed by atoms with Gasteiger partial charge in [-0.25, -0.2) is 9.78 Å². The second-order valence-electron chi connectivity index (χ2n) is 6.92. The zero-order chi connectivity index (χ0) is 22.1. The van der Waals surface area contributed by atoms with Crippen LogP contribution in [0.15, 0.2) is 35.5 Å². The number of H-pyrrole nitrogens is 1. The van der Waals surface area contributed by atoms with Crippen LogP contribution in [-0.2, 0) is 17.8 Å². The van der Waals surface area contributed by atoms with Gasteiger partial charge in [-0.2, -0.15) is 4.98 Å². The van der Waals surface area contributed by atoms with Crippen LogP contribution in [0.25, 0.3) is 22.1 Å². The van der Waals surface area contributed by atoms with Crippen LogP contribution in [0.2, 0.25) is 0 Å². The number of hydrogen-bond donors (Lipinski definition) is 5. The molecule has 160 valence electrons. The lowest BCUT2D eigenvalue weighted by Gasteiger charge is -2.06. The van der Waals surface area contributed by atoms with Crippen molar-refractivity contribution in [1.82, 2.24) is 29.4 Å². The number of fused-ring (bicyclic) bond motifs is 2. The van der Waals surface area contributed by atoms with E-state index < -0.39 is 11.7 Å². The summed E-state index contributed by atoms with van der Waals surface area (Å²) in [4.78, 5) is 45.9. The Morgan fingerprint density at radius 3 is 2.87 bits per heavy atom. The third-order valence-electron chi connectivity index (χ3n) is 4.87. The average Bonchev–Trinajstić information content (AvgIpc) is 3.28. The first-order valence-corrected chi connectivity index (χ1v) is 9.37. The molecule has 3 heterocycles. The fourth-order valence-corrected chi connectivity index (χ4v) is 3.43. The molecular weight excluding hydrogens is 406 g/mol. The van der Waals surface area contributed by atoms with Gasteiger partial charge in [-0.3, -0.25) is 19.1 Å². The van der Waals surface area contributed by atoms with Crippen LogP contribution in [0, 0.1) is 0 Å². The number of benzene rings is 1. The lowest BCUT2D eigenvalue weighted by atomic mass is 10.1. The van der Waals surface area contributed by atoms with E-state index in [1.165, 1.54) is 30.7 Å². The SMILES string of the molecule is Nc1nc2c(ncn2CCC(=O)NCCc2cn(C(=O)O)c3ccc(O)cc23)c(=O)[nH]1. The molecule has 0 spiro atoms. The smallest absolute Gasteiger partial charge is 0.416 e. The minimum absolute atomic E-state index is 0.0292. The van der Waals surface area contributed by atoms with Gasteiger partial charge in [-0.05, 0) is 30.2 Å². The molecular formula is C19H19N7O5. The van der Waals surface area contributed by atoms with Crippen molar-refractivity contribution in [2.75, 3.05) is 12.3 Å². The van der Waals surface area contributed by atoms with Crippen molar-refractivity contribution in [1.29, 1.82) is 0 Å². The van der Waals surface area contributed by atoms with Crippen LogP contribution in [0.1, 0.15) is 12.0 Å². The highest BCUT2D eigenvalue weighted by Gasteiger charge is 2.14. The van der Waals surface area contributed by atoms with E-state index in [1.807, 2.05) is 0 Å². The zero-order valence-electron chi connectivity index (χ0n) is 16.2. The van der Waals surface area contributed by atoms with Crippen LogP contribution in [0.3, 0.4) is 0 Å². The molecule has 12 nitrogen and oxygen atoms in total. The molecule has 1 aromatic carbocycles. The first-order valence-electron chi connectivity index (χ1n) is 9.37. The third kappa shape index (κ3) is 3.90. The number of carbonyl (C=O) groups excluding carboxylic acids is 1. The van der Waals surface area contributed by atoms with Gasteiger partial charge >= 0.3 is 6.09 Å². The quantitative estimate of drug-likeness (QED) is 0.298. The Morgan fingerprint density at radius 2 is 2.10 bits per heavy atom. The Labute approximate surface area is 174 Å². The van der Waals surface area contributed by atoms with Gasteiger partial charge in [0.1, 0.15) is 5.75 Å². The topological polar surface area (TPSA) is 181 Å². The zero-order valence-corrected chi connectivity index (χ0v) is 16.2. The van der Waals surface area contributed by atoms with E-state index in [2.05, 4.69) is 20.3 Å². The van der Waals surface area contributed by atoms with Crippen LogP contribution in [0.4, 0.5) is 10.7 Å². The third-order valence-corrected chi connectivity index (χ3v) is 4.87. The molecule has 0 atom stereocenters. The van der Waals surface area contributed by atoms with Gasteiger partial charge in [-0.15, -0.1) is 0 Å². The van der Waals surface area contributed by atoms with Gasteiger partial charge in [0.15, 0.2) is 11.2 Å². The lowest BCUT2D eigenvalue weighted by molar-refractivity contribution is -0.121. The summed E-state index contributed by atoms with van der Waals surface area (Å²) in [6, 6.07) is 4.45. The molecule has 0 fully saturated rings. The highest BCUT2D eigenvalue weighted by Crippen LogP contribution is 2.25. The van der Waals surface area contributed by atoms with Crippen LogP contribution in [-0.4, -0.2) is 52.8 Å². The number of aromatic hydroxyl groups is 1. The average molecular weight is 425 g/mol. The summed E-state index contributed by atoms with van der Waals surface area (Å²) in [6.45, 7) is 0.535. The van der Waals surface area contributed by atoms with Crippen LogP contribution < -0.4 is 16.6 Å². The van der Waals surface area contributed by atoms with Crippen molar-refractivity contribution in [3.05, 3.63) is 46.6 Å². The predicted octanol–water partition coefficient (Wildman–Crippen LogP) is 0.637. The molecule has 3 aromatic heterocycles. The van der Waals surface area contributed by atoms with Gasteiger partial charge < -0.3 is 25.8 Å². The number of nitrogens with zero attached hydrogens (tertiary/aromatic N) is 4. The molecule has 4 rings (SSSR count). The van der Waals surface area contributed by atoms with Gasteiger partial charge in [0.2, 0.25) is 11.9 Å². The van der Waals surface area contributed by atoms with Crippen LogP contribution >= 0.6 is 0 Å². The number of amides is 1. The summed E-state index contributed by atoms with van der Waals surface area (Å²) in [7, 11) is 0. The summed E-state index contributed by atoms with van der Waals surface area (Å²) in [5.41, 5.74) is 6.70. The molecule has 0 aliphatic carbocycles. The molecule has 0 aliphatic heterocycles. The van der Waals surface area contributed by atoms with E-state index in [-0.39, 0.29) is 42.6 Å². The van der Waals surface area contributed by atoms with E-state index in [4.69, 9.17) is 5.73 Å². The van der Waals surface area contributed by atoms with E-state index in [0.717, 1.165) is 4.57 Å². The normalized spacial score (nSPS) is 11.2. The number of carboxylic acid groups (broad SMARTS) is 1. The maximum atomic E-state index is 12.2. The number of aromatic amines is 1. The number of carbonyl (C=O) groups is 2. The second-order valence-corrected chi connectivity index (χ2v) is 6.92. The maximum Gasteiger partial charge on any atom is 0.416 e. The second kappa shape index (κ2) is 7.82. The largest absolute Gasteiger partial charge is 0.508 e. The van der Waals surface area contributed by atoms with Crippen molar-refractivity contribution >= 4 is 40.0 Å². The molecule has 0 bridgehead atoms. The first kappa shape index (κ1) is 19.9. The number of nitrogen functional groups attached to an aromatic ring is 1. The van der Waals surface area contributed by atoms with Gasteiger partial charge in [0.05, 0.1) is 11.8 Å². The minimum Gasteiger partial charge on any atom is -0.508 e. The number of rotatable bonds is 6. The number of phenols is 1. The monoisotopic (exact) mass is 425 g/mol. The van der Waals surface area contributed by atoms with Gasteiger partial charge in [0.25, 0.3) is 5.56 Å². The first-order chi connectivity index (χ1) is 14.8. The van der Waals surface area contributed by atoms with E-state index >= 15 is 0 Å². The summed E-state index contributed by atoms with van der Waals surface area (Å²) in [5.74, 6) is -0.235. The number of nitrogens with two attached hydrogens (primary N) is 1. The predicted molar refractivity (Wildman–Crippen MR) is 111 cm³/mol. The molecule has 0 unspecified atom stereocenters. The minimum atomic E-state index is -1.13. The summed E-state index contributed by atoms with van der Waals surface area (Å²) in [6.07, 6.45) is 2.27. The van der Waals surface area contributed by atoms with Gasteiger partial charge in [0, 0.05) is 31.1 Å². The molecule has 6 N–H and O–H groups in total. The highest BCUT2D eigenvalue weighted by atomic mass is 16.4. The molecule has 31 heavy (non-hydrogen) atoms. The van der Waals surface area contributed by atoms with Crippen molar-refractivity contribution in [2.24, 2.45) is 0 Å². The Hall–Kier alpha value is -4.35. The van der Waals surface area contributed by atoms with Crippen molar-refractivity contribution in [3.63, 3.8) is 0 Å². The molecule has 0 radical (unpaired) electrons. The molecule has 1 amide bonds. The van der Waals surface area contributed by atoms with Crippen molar-refractivity contribution in [3.8, 4) is 5.75 Å². The number of phenolic OH excluding ortho intramolecular Hbond substituents is 1. The number of imidazole rings is 1. The number of anilines is 1. The Morgan fingerprint density at radius 1 is 1.29 bits per heavy atom. The Bertz CT molecular complexity index is 1370. The molecule has 12 heteroatoms. The van der Waals surface area contributed by atoms with Crippen LogP contribution in [0.5, 0.6) is 5.75 Å².